The van der Waals surface area contributed by atoms with E-state index < -0.39 is 16.0 Å². The van der Waals surface area contributed by atoms with E-state index in [4.69, 9.17) is 5.11 Å². The zero-order valence-electron chi connectivity index (χ0n) is 10.2. The molecule has 0 radical (unpaired) electrons. The minimum atomic E-state index is -3.84. The molecule has 0 unspecified atom stereocenters. The van der Waals surface area contributed by atoms with Gasteiger partial charge in [-0.3, -0.25) is 9.48 Å². The third kappa shape index (κ3) is 3.51. The van der Waals surface area contributed by atoms with Crippen molar-refractivity contribution in [1.82, 2.24) is 19.7 Å². The lowest BCUT2D eigenvalue weighted by Gasteiger charge is -2.03. The number of aliphatic carboxylic acids is 1. The van der Waals surface area contributed by atoms with Crippen LogP contribution in [0.3, 0.4) is 0 Å². The minimum Gasteiger partial charge on any atom is -0.481 e. The van der Waals surface area contributed by atoms with Gasteiger partial charge in [-0.25, -0.2) is 23.1 Å². The lowest BCUT2D eigenvalue weighted by molar-refractivity contribution is -0.137. The van der Waals surface area contributed by atoms with Crippen LogP contribution >= 0.6 is 0 Å². The Morgan fingerprint density at radius 1 is 1.35 bits per heavy atom. The second-order valence-electron chi connectivity index (χ2n) is 3.76. The number of aryl methyl sites for hydroxylation is 1. The molecule has 0 spiro atoms. The first kappa shape index (κ1) is 13.9. The van der Waals surface area contributed by atoms with Gasteiger partial charge < -0.3 is 5.11 Å². The Morgan fingerprint density at radius 3 is 2.70 bits per heavy atom. The zero-order valence-corrected chi connectivity index (χ0v) is 11.0. The molecule has 0 aliphatic carbocycles. The Balaban J connectivity index is 2.12. The van der Waals surface area contributed by atoms with Gasteiger partial charge in [-0.05, 0) is 6.07 Å². The van der Waals surface area contributed by atoms with Gasteiger partial charge in [0.05, 0.1) is 19.2 Å². The van der Waals surface area contributed by atoms with Crippen LogP contribution in [0.15, 0.2) is 35.7 Å². The van der Waals surface area contributed by atoms with Crippen LogP contribution in [0, 0.1) is 0 Å². The van der Waals surface area contributed by atoms with E-state index in [1.54, 1.807) is 6.07 Å². The summed E-state index contributed by atoms with van der Waals surface area (Å²) in [4.78, 5) is 17.8. The number of carboxylic acid groups (broad SMARTS) is 1. The van der Waals surface area contributed by atoms with E-state index in [9.17, 15) is 13.2 Å². The summed E-state index contributed by atoms with van der Waals surface area (Å²) >= 11 is 0. The second kappa shape index (κ2) is 5.65. The summed E-state index contributed by atoms with van der Waals surface area (Å²) < 4.78 is 27.4. The molecule has 2 rings (SSSR count). The predicted molar refractivity (Wildman–Crippen MR) is 67.3 cm³/mol. The maximum atomic E-state index is 12.0. The van der Waals surface area contributed by atoms with Crippen molar-refractivity contribution >= 4 is 21.9 Å². The molecule has 0 atom stereocenters. The third-order valence-electron chi connectivity index (χ3n) is 2.27. The summed E-state index contributed by atoms with van der Waals surface area (Å²) in [5, 5.41) is 12.3. The maximum absolute atomic E-state index is 12.0. The minimum absolute atomic E-state index is 0.0502. The summed E-state index contributed by atoms with van der Waals surface area (Å²) in [6.45, 7) is 0.0900. The van der Waals surface area contributed by atoms with E-state index in [0.29, 0.717) is 0 Å². The Bertz CT molecular complexity index is 697. The lowest BCUT2D eigenvalue weighted by Crippen LogP contribution is -2.14. The molecule has 0 saturated carbocycles. The van der Waals surface area contributed by atoms with Gasteiger partial charge in [-0.2, -0.15) is 5.10 Å². The first-order valence-corrected chi connectivity index (χ1v) is 7.00. The normalized spacial score (nSPS) is 11.2. The Labute approximate surface area is 114 Å². The molecule has 20 heavy (non-hydrogen) atoms. The van der Waals surface area contributed by atoms with E-state index in [0.717, 1.165) is 6.20 Å². The van der Waals surface area contributed by atoms with Crippen LogP contribution in [-0.2, 0) is 21.4 Å². The van der Waals surface area contributed by atoms with E-state index in [1.807, 2.05) is 0 Å². The quantitative estimate of drug-likeness (QED) is 0.765. The van der Waals surface area contributed by atoms with E-state index in [2.05, 4.69) is 19.8 Å². The SMILES string of the molecule is O=C(O)CCn1cc(S(=O)(=O)Nc2ncccn2)cn1. The summed E-state index contributed by atoms with van der Waals surface area (Å²) in [5.74, 6) is -1.04. The molecule has 0 saturated heterocycles. The molecule has 2 heterocycles. The Morgan fingerprint density at radius 2 is 2.05 bits per heavy atom. The predicted octanol–water partition coefficient (Wildman–Crippen LogP) is -0.0514. The third-order valence-corrected chi connectivity index (χ3v) is 3.55. The first-order valence-electron chi connectivity index (χ1n) is 5.51. The van der Waals surface area contributed by atoms with Crippen LogP contribution in [0.4, 0.5) is 5.95 Å². The second-order valence-corrected chi connectivity index (χ2v) is 5.44. The highest BCUT2D eigenvalue weighted by Crippen LogP contribution is 2.11. The van der Waals surface area contributed by atoms with Crippen molar-refractivity contribution in [2.75, 3.05) is 4.72 Å². The molecule has 106 valence electrons. The fourth-order valence-electron chi connectivity index (χ4n) is 1.35. The molecule has 9 nitrogen and oxygen atoms in total. The summed E-state index contributed by atoms with van der Waals surface area (Å²) in [5.41, 5.74) is 0. The number of carboxylic acids is 1. The number of nitrogens with one attached hydrogen (secondary N) is 1. The maximum Gasteiger partial charge on any atom is 0.305 e. The van der Waals surface area contributed by atoms with E-state index in [-0.39, 0.29) is 23.8 Å². The molecule has 0 amide bonds. The van der Waals surface area contributed by atoms with Crippen LogP contribution in [0.5, 0.6) is 0 Å². The molecule has 2 N–H and O–H groups in total. The molecule has 0 aliphatic heterocycles. The van der Waals surface area contributed by atoms with Gasteiger partial charge in [0.1, 0.15) is 4.90 Å². The van der Waals surface area contributed by atoms with Crippen molar-refractivity contribution in [1.29, 1.82) is 0 Å². The molecule has 0 aromatic carbocycles. The van der Waals surface area contributed by atoms with E-state index in [1.165, 1.54) is 23.3 Å². The summed E-state index contributed by atoms with van der Waals surface area (Å²) in [6, 6.07) is 1.56. The van der Waals surface area contributed by atoms with Crippen LogP contribution in [0.1, 0.15) is 6.42 Å². The highest BCUT2D eigenvalue weighted by atomic mass is 32.2. The highest BCUT2D eigenvalue weighted by molar-refractivity contribution is 7.92. The number of rotatable bonds is 6. The molecule has 10 heteroatoms. The Kier molecular flexibility index (Phi) is 3.94. The molecule has 0 bridgehead atoms. The number of carbonyl (C=O) groups is 1. The van der Waals surface area contributed by atoms with Gasteiger partial charge in [0.25, 0.3) is 10.0 Å². The van der Waals surface area contributed by atoms with Gasteiger partial charge in [-0.1, -0.05) is 0 Å². The number of hydrogen-bond donors (Lipinski definition) is 2. The Hall–Kier alpha value is -2.49. The molecule has 2 aromatic rings. The van der Waals surface area contributed by atoms with Crippen molar-refractivity contribution in [3.05, 3.63) is 30.9 Å². The van der Waals surface area contributed by atoms with Crippen molar-refractivity contribution in [2.45, 2.75) is 17.9 Å². The molecule has 2 aromatic heterocycles. The number of aromatic nitrogens is 4. The fourth-order valence-corrected chi connectivity index (χ4v) is 2.26. The summed E-state index contributed by atoms with van der Waals surface area (Å²) in [7, 11) is -3.84. The molecular formula is C10H11N5O4S. The monoisotopic (exact) mass is 297 g/mol. The van der Waals surface area contributed by atoms with Gasteiger partial charge in [-0.15, -0.1) is 0 Å². The van der Waals surface area contributed by atoms with Crippen molar-refractivity contribution in [2.24, 2.45) is 0 Å². The van der Waals surface area contributed by atoms with Crippen LogP contribution in [-0.4, -0.2) is 39.2 Å². The van der Waals surface area contributed by atoms with Crippen LogP contribution in [0.25, 0.3) is 0 Å². The topological polar surface area (TPSA) is 127 Å². The first-order chi connectivity index (χ1) is 9.47. The highest BCUT2D eigenvalue weighted by Gasteiger charge is 2.17. The van der Waals surface area contributed by atoms with Gasteiger partial charge in [0.2, 0.25) is 5.95 Å². The molecule has 0 fully saturated rings. The van der Waals surface area contributed by atoms with Crippen molar-refractivity contribution in [3.63, 3.8) is 0 Å². The van der Waals surface area contributed by atoms with Gasteiger partial charge >= 0.3 is 5.97 Å². The van der Waals surface area contributed by atoms with Gasteiger partial charge in [0.15, 0.2) is 0 Å². The average Bonchev–Trinajstić information content (AvgIpc) is 2.86. The number of sulfonamides is 1. The van der Waals surface area contributed by atoms with Gasteiger partial charge in [0, 0.05) is 18.6 Å². The fraction of sp³-hybridized carbons (Fsp3) is 0.200. The standard InChI is InChI=1S/C10H11N5O4S/c16-9(17)2-5-15-7-8(6-13-15)20(18,19)14-10-11-3-1-4-12-10/h1,3-4,6-7H,2,5H2,(H,16,17)(H,11,12,14). The van der Waals surface area contributed by atoms with Crippen molar-refractivity contribution < 1.29 is 18.3 Å². The largest absolute Gasteiger partial charge is 0.481 e. The lowest BCUT2D eigenvalue weighted by atomic mass is 10.4. The number of nitrogens with zero attached hydrogens (tertiary/aromatic N) is 4. The smallest absolute Gasteiger partial charge is 0.305 e. The van der Waals surface area contributed by atoms with E-state index >= 15 is 0 Å². The van der Waals surface area contributed by atoms with Crippen LogP contribution in [0.2, 0.25) is 0 Å². The van der Waals surface area contributed by atoms with Crippen LogP contribution < -0.4 is 4.72 Å². The van der Waals surface area contributed by atoms with Crippen molar-refractivity contribution in [3.8, 4) is 0 Å². The molecular weight excluding hydrogens is 286 g/mol. The number of hydrogen-bond acceptors (Lipinski definition) is 6. The summed E-state index contributed by atoms with van der Waals surface area (Å²) in [6.07, 6.45) is 5.04. The molecule has 0 aliphatic rings. The number of anilines is 1. The zero-order chi connectivity index (χ0) is 14.6. The average molecular weight is 297 g/mol.